The number of hydrogen-bond donors (Lipinski definition) is 0. The molecule has 1 fully saturated rings. The van der Waals surface area contributed by atoms with Crippen LogP contribution in [0.2, 0.25) is 0 Å². The largest absolute Gasteiger partial charge is 0.493 e. The molecular formula is C19H20O6. The highest BCUT2D eigenvalue weighted by Crippen LogP contribution is 2.43. The number of ether oxygens (including phenoxy) is 5. The lowest BCUT2D eigenvalue weighted by molar-refractivity contribution is 0.0953. The average molecular weight is 344 g/mol. The highest BCUT2D eigenvalue weighted by molar-refractivity contribution is 6.02. The SMILES string of the molecule is COc1ccc(C(=O)[C@@H]2O[C@@H]2c2ccc(OC)c(OC)c2)cc1OC. The average Bonchev–Trinajstić information content (AvgIpc) is 3.46. The second kappa shape index (κ2) is 7.03. The second-order valence-corrected chi connectivity index (χ2v) is 5.53. The van der Waals surface area contributed by atoms with Gasteiger partial charge in [0.15, 0.2) is 34.9 Å². The molecule has 132 valence electrons. The number of ketones is 1. The molecule has 0 aliphatic carbocycles. The Morgan fingerprint density at radius 3 is 1.96 bits per heavy atom. The van der Waals surface area contributed by atoms with E-state index in [2.05, 4.69) is 0 Å². The minimum atomic E-state index is -0.517. The Labute approximate surface area is 146 Å². The zero-order valence-corrected chi connectivity index (χ0v) is 14.6. The van der Waals surface area contributed by atoms with E-state index in [0.29, 0.717) is 28.6 Å². The predicted molar refractivity (Wildman–Crippen MR) is 91.0 cm³/mol. The van der Waals surface area contributed by atoms with Crippen molar-refractivity contribution < 1.29 is 28.5 Å². The van der Waals surface area contributed by atoms with Gasteiger partial charge in [0.05, 0.1) is 28.4 Å². The Balaban J connectivity index is 1.78. The second-order valence-electron chi connectivity index (χ2n) is 5.53. The van der Waals surface area contributed by atoms with Gasteiger partial charge in [-0.2, -0.15) is 0 Å². The molecule has 1 saturated heterocycles. The zero-order chi connectivity index (χ0) is 18.0. The van der Waals surface area contributed by atoms with Crippen LogP contribution in [-0.2, 0) is 4.74 Å². The molecule has 0 N–H and O–H groups in total. The number of carbonyl (C=O) groups excluding carboxylic acids is 1. The van der Waals surface area contributed by atoms with Gasteiger partial charge >= 0.3 is 0 Å². The lowest BCUT2D eigenvalue weighted by atomic mass is 10.0. The molecule has 1 heterocycles. The number of methoxy groups -OCH3 is 4. The summed E-state index contributed by atoms with van der Waals surface area (Å²) in [6.45, 7) is 0. The van der Waals surface area contributed by atoms with Crippen molar-refractivity contribution in [3.05, 3.63) is 47.5 Å². The molecule has 3 rings (SSSR count). The molecule has 6 nitrogen and oxygen atoms in total. The van der Waals surface area contributed by atoms with Crippen LogP contribution in [0.15, 0.2) is 36.4 Å². The van der Waals surface area contributed by atoms with Crippen LogP contribution < -0.4 is 18.9 Å². The van der Waals surface area contributed by atoms with E-state index in [1.54, 1.807) is 45.6 Å². The minimum absolute atomic E-state index is 0.0965. The van der Waals surface area contributed by atoms with Crippen LogP contribution in [0.3, 0.4) is 0 Å². The van der Waals surface area contributed by atoms with Gasteiger partial charge in [0.1, 0.15) is 6.10 Å². The fraction of sp³-hybridized carbons (Fsp3) is 0.316. The third kappa shape index (κ3) is 3.25. The van der Waals surface area contributed by atoms with E-state index in [9.17, 15) is 4.79 Å². The zero-order valence-electron chi connectivity index (χ0n) is 14.6. The van der Waals surface area contributed by atoms with Crippen LogP contribution in [-0.4, -0.2) is 40.3 Å². The van der Waals surface area contributed by atoms with Crippen LogP contribution in [0, 0.1) is 0 Å². The van der Waals surface area contributed by atoms with Crippen LogP contribution in [0.4, 0.5) is 0 Å². The number of epoxide rings is 1. The number of Topliss-reactive ketones (excluding diaryl/α,β-unsaturated/α-hetero) is 1. The van der Waals surface area contributed by atoms with Crippen LogP contribution >= 0.6 is 0 Å². The maximum atomic E-state index is 12.7. The molecule has 6 heteroatoms. The smallest absolute Gasteiger partial charge is 0.194 e. The van der Waals surface area contributed by atoms with Gasteiger partial charge in [-0.15, -0.1) is 0 Å². The Hall–Kier alpha value is -2.73. The first kappa shape index (κ1) is 17.1. The molecule has 0 unspecified atom stereocenters. The summed E-state index contributed by atoms with van der Waals surface area (Å²) < 4.78 is 26.6. The van der Waals surface area contributed by atoms with E-state index < -0.39 is 6.10 Å². The van der Waals surface area contributed by atoms with Crippen molar-refractivity contribution in [2.45, 2.75) is 12.2 Å². The fourth-order valence-corrected chi connectivity index (χ4v) is 2.75. The van der Waals surface area contributed by atoms with Gasteiger partial charge in [0, 0.05) is 5.56 Å². The van der Waals surface area contributed by atoms with Crippen molar-refractivity contribution in [2.24, 2.45) is 0 Å². The lowest BCUT2D eigenvalue weighted by Crippen LogP contribution is -2.08. The number of hydrogen-bond acceptors (Lipinski definition) is 6. The molecule has 0 radical (unpaired) electrons. The Morgan fingerprint density at radius 2 is 1.36 bits per heavy atom. The van der Waals surface area contributed by atoms with E-state index in [-0.39, 0.29) is 11.9 Å². The number of rotatable bonds is 7. The molecule has 25 heavy (non-hydrogen) atoms. The summed E-state index contributed by atoms with van der Waals surface area (Å²) in [6, 6.07) is 10.6. The van der Waals surface area contributed by atoms with E-state index in [1.807, 2.05) is 12.1 Å². The van der Waals surface area contributed by atoms with Gasteiger partial charge in [-0.3, -0.25) is 4.79 Å². The molecule has 2 aromatic carbocycles. The van der Waals surface area contributed by atoms with Crippen molar-refractivity contribution in [1.29, 1.82) is 0 Å². The molecule has 0 bridgehead atoms. The highest BCUT2D eigenvalue weighted by atomic mass is 16.6. The monoisotopic (exact) mass is 344 g/mol. The van der Waals surface area contributed by atoms with E-state index >= 15 is 0 Å². The number of benzene rings is 2. The Kier molecular flexibility index (Phi) is 4.81. The normalized spacial score (nSPS) is 18.4. The topological polar surface area (TPSA) is 66.5 Å². The standard InChI is InChI=1S/C19H20O6/c1-21-13-7-5-11(9-15(13)23-3)17(20)19-18(25-19)12-6-8-14(22-2)16(10-12)24-4/h5-10,18-19H,1-4H3/t18-,19+/m1/s1. The molecule has 0 amide bonds. The van der Waals surface area contributed by atoms with E-state index in [1.165, 1.54) is 7.11 Å². The number of carbonyl (C=O) groups is 1. The first-order valence-electron chi connectivity index (χ1n) is 7.76. The summed E-state index contributed by atoms with van der Waals surface area (Å²) in [7, 11) is 6.23. The summed E-state index contributed by atoms with van der Waals surface area (Å²) in [5.74, 6) is 2.23. The molecule has 0 spiro atoms. The van der Waals surface area contributed by atoms with Gasteiger partial charge in [-0.05, 0) is 35.9 Å². The van der Waals surface area contributed by atoms with Gasteiger partial charge in [-0.1, -0.05) is 6.07 Å². The van der Waals surface area contributed by atoms with Gasteiger partial charge in [-0.25, -0.2) is 0 Å². The summed E-state index contributed by atoms with van der Waals surface area (Å²) in [5, 5.41) is 0. The van der Waals surface area contributed by atoms with Crippen molar-refractivity contribution >= 4 is 5.78 Å². The summed E-state index contributed by atoms with van der Waals surface area (Å²) >= 11 is 0. The van der Waals surface area contributed by atoms with E-state index in [4.69, 9.17) is 23.7 Å². The summed E-state index contributed by atoms with van der Waals surface area (Å²) in [5.41, 5.74) is 1.39. The van der Waals surface area contributed by atoms with Crippen LogP contribution in [0.25, 0.3) is 0 Å². The molecule has 2 atom stereocenters. The van der Waals surface area contributed by atoms with Crippen molar-refractivity contribution in [3.63, 3.8) is 0 Å². The molecule has 0 saturated carbocycles. The highest BCUT2D eigenvalue weighted by Gasteiger charge is 2.46. The third-order valence-electron chi connectivity index (χ3n) is 4.15. The van der Waals surface area contributed by atoms with Gasteiger partial charge in [0.2, 0.25) is 0 Å². The molecule has 0 aromatic heterocycles. The van der Waals surface area contributed by atoms with Crippen LogP contribution in [0.1, 0.15) is 22.0 Å². The first-order chi connectivity index (χ1) is 12.1. The third-order valence-corrected chi connectivity index (χ3v) is 4.15. The first-order valence-corrected chi connectivity index (χ1v) is 7.76. The van der Waals surface area contributed by atoms with Gasteiger partial charge < -0.3 is 23.7 Å². The van der Waals surface area contributed by atoms with Crippen molar-refractivity contribution in [3.8, 4) is 23.0 Å². The van der Waals surface area contributed by atoms with Gasteiger partial charge in [0.25, 0.3) is 0 Å². The van der Waals surface area contributed by atoms with Crippen molar-refractivity contribution in [2.75, 3.05) is 28.4 Å². The predicted octanol–water partition coefficient (Wildman–Crippen LogP) is 3.04. The molecule has 1 aliphatic rings. The maximum absolute atomic E-state index is 12.7. The van der Waals surface area contributed by atoms with E-state index in [0.717, 1.165) is 5.56 Å². The Morgan fingerprint density at radius 1 is 0.800 bits per heavy atom. The quantitative estimate of drug-likeness (QED) is 0.568. The van der Waals surface area contributed by atoms with Crippen molar-refractivity contribution in [1.82, 2.24) is 0 Å². The minimum Gasteiger partial charge on any atom is -0.493 e. The maximum Gasteiger partial charge on any atom is 0.194 e. The molecule has 1 aliphatic heterocycles. The Bertz CT molecular complexity index is 785. The summed E-state index contributed by atoms with van der Waals surface area (Å²) in [6.07, 6.45) is -0.809. The fourth-order valence-electron chi connectivity index (χ4n) is 2.75. The summed E-state index contributed by atoms with van der Waals surface area (Å²) in [4.78, 5) is 12.7. The van der Waals surface area contributed by atoms with Crippen LogP contribution in [0.5, 0.6) is 23.0 Å². The molecule has 2 aromatic rings. The molecular weight excluding hydrogens is 324 g/mol. The lowest BCUT2D eigenvalue weighted by Gasteiger charge is -2.09.